The minimum absolute atomic E-state index is 0.192. The van der Waals surface area contributed by atoms with Gasteiger partial charge in [-0.1, -0.05) is 0 Å². The van der Waals surface area contributed by atoms with E-state index in [0.717, 1.165) is 10.6 Å². The molecule has 9 heteroatoms. The van der Waals surface area contributed by atoms with Crippen LogP contribution in [0.2, 0.25) is 0 Å². The number of aliphatic hydroxyl groups excluding tert-OH is 2. The van der Waals surface area contributed by atoms with E-state index in [-0.39, 0.29) is 5.88 Å². The Morgan fingerprint density at radius 1 is 1.53 bits per heavy atom. The quantitative estimate of drug-likeness (QED) is 0.621. The van der Waals surface area contributed by atoms with Crippen LogP contribution in [0.1, 0.15) is 6.23 Å². The van der Waals surface area contributed by atoms with E-state index >= 15 is 0 Å². The predicted molar refractivity (Wildman–Crippen MR) is 67.6 cm³/mol. The summed E-state index contributed by atoms with van der Waals surface area (Å²) in [6, 6.07) is 1.13. The third-order valence-corrected chi connectivity index (χ3v) is 3.99. The van der Waals surface area contributed by atoms with Crippen LogP contribution in [0.15, 0.2) is 21.9 Å². The minimum Gasteiger partial charge on any atom is -0.393 e. The number of nitrogens with one attached hydrogen (secondary N) is 1. The molecule has 1 fully saturated rings. The Morgan fingerprint density at radius 2 is 2.21 bits per heavy atom. The first kappa shape index (κ1) is 14.5. The molecular formula is C10H12Cl2N2O5. The lowest BCUT2D eigenvalue weighted by Gasteiger charge is -2.27. The molecule has 0 amide bonds. The van der Waals surface area contributed by atoms with Gasteiger partial charge >= 0.3 is 5.69 Å². The van der Waals surface area contributed by atoms with Gasteiger partial charge in [0.15, 0.2) is 6.23 Å². The number of aromatic amines is 1. The van der Waals surface area contributed by atoms with Crippen LogP contribution in [-0.4, -0.2) is 49.3 Å². The van der Waals surface area contributed by atoms with Gasteiger partial charge in [0, 0.05) is 12.3 Å². The molecule has 1 aliphatic rings. The molecule has 0 aromatic carbocycles. The van der Waals surface area contributed by atoms with Gasteiger partial charge in [-0.15, -0.1) is 23.2 Å². The van der Waals surface area contributed by atoms with Crippen molar-refractivity contribution >= 4 is 23.2 Å². The van der Waals surface area contributed by atoms with Gasteiger partial charge < -0.3 is 14.9 Å². The fourth-order valence-electron chi connectivity index (χ4n) is 1.94. The number of aromatic nitrogens is 2. The molecule has 0 spiro atoms. The molecule has 4 atom stereocenters. The van der Waals surface area contributed by atoms with Crippen molar-refractivity contribution in [3.8, 4) is 0 Å². The third kappa shape index (κ3) is 2.32. The lowest BCUT2D eigenvalue weighted by molar-refractivity contribution is -0.114. The molecule has 1 saturated heterocycles. The normalized spacial score (nSPS) is 34.6. The van der Waals surface area contributed by atoms with Crippen LogP contribution in [0.3, 0.4) is 0 Å². The predicted octanol–water partition coefficient (Wildman–Crippen LogP) is -0.996. The fraction of sp³-hybridized carbons (Fsp3) is 0.600. The molecule has 2 heterocycles. The van der Waals surface area contributed by atoms with Gasteiger partial charge in [0.05, 0.1) is 12.5 Å². The lowest BCUT2D eigenvalue weighted by atomic mass is 10.00. The molecule has 106 valence electrons. The highest BCUT2D eigenvalue weighted by atomic mass is 35.5. The number of rotatable bonds is 3. The van der Waals surface area contributed by atoms with Crippen molar-refractivity contribution in [1.82, 2.24) is 9.55 Å². The van der Waals surface area contributed by atoms with E-state index in [1.54, 1.807) is 0 Å². The smallest absolute Gasteiger partial charge is 0.330 e. The van der Waals surface area contributed by atoms with Crippen molar-refractivity contribution in [3.05, 3.63) is 33.1 Å². The Hall–Kier alpha value is -0.860. The monoisotopic (exact) mass is 310 g/mol. The average molecular weight is 311 g/mol. The number of H-pyrrole nitrogens is 1. The molecule has 4 unspecified atom stereocenters. The van der Waals surface area contributed by atoms with Gasteiger partial charge in [0.2, 0.25) is 0 Å². The summed E-state index contributed by atoms with van der Waals surface area (Å²) in [5, 5.41) is 18.3. The topological polar surface area (TPSA) is 105 Å². The molecule has 7 nitrogen and oxygen atoms in total. The zero-order valence-corrected chi connectivity index (χ0v) is 11.1. The minimum atomic E-state index is -1.44. The van der Waals surface area contributed by atoms with E-state index in [1.165, 1.54) is 6.20 Å². The molecule has 1 aromatic heterocycles. The largest absolute Gasteiger partial charge is 0.393 e. The Balaban J connectivity index is 2.42. The molecule has 0 saturated carbocycles. The van der Waals surface area contributed by atoms with E-state index in [1.807, 2.05) is 0 Å². The summed E-state index contributed by atoms with van der Waals surface area (Å²) >= 11 is 11.7. The zero-order valence-electron chi connectivity index (χ0n) is 9.62. The van der Waals surface area contributed by atoms with Gasteiger partial charge in [-0.2, -0.15) is 0 Å². The van der Waals surface area contributed by atoms with Crippen LogP contribution < -0.4 is 11.2 Å². The van der Waals surface area contributed by atoms with Crippen molar-refractivity contribution < 1.29 is 14.9 Å². The highest BCUT2D eigenvalue weighted by Crippen LogP contribution is 2.40. The van der Waals surface area contributed by atoms with Gasteiger partial charge in [0.1, 0.15) is 17.1 Å². The molecule has 19 heavy (non-hydrogen) atoms. The van der Waals surface area contributed by atoms with E-state index in [2.05, 4.69) is 4.98 Å². The summed E-state index contributed by atoms with van der Waals surface area (Å²) in [5.41, 5.74) is -2.72. The van der Waals surface area contributed by atoms with Crippen molar-refractivity contribution in [2.75, 3.05) is 12.5 Å². The second-order valence-corrected chi connectivity index (χ2v) is 5.04. The number of aliphatic hydroxyl groups is 2. The van der Waals surface area contributed by atoms with Gasteiger partial charge in [-0.25, -0.2) is 4.79 Å². The first-order chi connectivity index (χ1) is 8.95. The van der Waals surface area contributed by atoms with Crippen molar-refractivity contribution in [3.63, 3.8) is 0 Å². The molecule has 0 bridgehead atoms. The Morgan fingerprint density at radius 3 is 2.68 bits per heavy atom. The number of nitrogens with zero attached hydrogens (tertiary/aromatic N) is 1. The van der Waals surface area contributed by atoms with E-state index < -0.39 is 41.2 Å². The van der Waals surface area contributed by atoms with E-state index in [9.17, 15) is 19.8 Å². The maximum Gasteiger partial charge on any atom is 0.330 e. The van der Waals surface area contributed by atoms with E-state index in [0.29, 0.717) is 0 Å². The Labute approximate surface area is 117 Å². The number of alkyl halides is 2. The van der Waals surface area contributed by atoms with Crippen LogP contribution in [0, 0.1) is 0 Å². The number of ether oxygens (including phenoxy) is 1. The summed E-state index contributed by atoms with van der Waals surface area (Å²) in [6.07, 6.45) is -1.08. The van der Waals surface area contributed by atoms with Crippen molar-refractivity contribution in [2.45, 2.75) is 23.3 Å². The van der Waals surface area contributed by atoms with Crippen LogP contribution >= 0.6 is 23.2 Å². The van der Waals surface area contributed by atoms with Crippen LogP contribution in [0.4, 0.5) is 0 Å². The SMILES string of the molecule is O=c1ccn(C2OC(CO)(CCl)C(O)C2Cl)c(=O)[nH]1. The van der Waals surface area contributed by atoms with Crippen molar-refractivity contribution in [1.29, 1.82) is 0 Å². The van der Waals surface area contributed by atoms with Crippen molar-refractivity contribution in [2.24, 2.45) is 0 Å². The molecular weight excluding hydrogens is 299 g/mol. The molecule has 2 rings (SSSR count). The molecule has 1 aliphatic heterocycles. The fourth-order valence-corrected chi connectivity index (χ4v) is 2.65. The van der Waals surface area contributed by atoms with E-state index in [4.69, 9.17) is 27.9 Å². The van der Waals surface area contributed by atoms with Gasteiger partial charge in [0.25, 0.3) is 5.56 Å². The average Bonchev–Trinajstić information content (AvgIpc) is 2.64. The van der Waals surface area contributed by atoms with Gasteiger partial charge in [-0.05, 0) is 0 Å². The summed E-state index contributed by atoms with van der Waals surface area (Å²) in [5.74, 6) is -0.192. The lowest BCUT2D eigenvalue weighted by Crippen LogP contribution is -2.47. The highest BCUT2D eigenvalue weighted by Gasteiger charge is 2.54. The first-order valence-electron chi connectivity index (χ1n) is 5.43. The molecule has 0 aliphatic carbocycles. The number of hydrogen-bond acceptors (Lipinski definition) is 5. The second-order valence-electron chi connectivity index (χ2n) is 4.27. The maximum atomic E-state index is 11.7. The summed E-state index contributed by atoms with van der Waals surface area (Å²) in [4.78, 5) is 24.7. The van der Waals surface area contributed by atoms with Crippen LogP contribution in [0.25, 0.3) is 0 Å². The maximum absolute atomic E-state index is 11.7. The summed E-state index contributed by atoms with van der Waals surface area (Å²) in [7, 11) is 0. The number of halogens is 2. The standard InChI is InChI=1S/C10H12Cl2N2O5/c11-3-10(4-15)7(17)6(12)8(19-10)14-2-1-5(16)13-9(14)18/h1-2,6-8,15,17H,3-4H2,(H,13,16,18). The Bertz CT molecular complexity index is 568. The Kier molecular flexibility index (Phi) is 4.03. The van der Waals surface area contributed by atoms with Gasteiger partial charge in [-0.3, -0.25) is 14.3 Å². The highest BCUT2D eigenvalue weighted by molar-refractivity contribution is 6.22. The van der Waals surface area contributed by atoms with Crippen LogP contribution in [0.5, 0.6) is 0 Å². The third-order valence-electron chi connectivity index (χ3n) is 3.09. The second kappa shape index (κ2) is 5.26. The molecule has 1 aromatic rings. The van der Waals surface area contributed by atoms with Crippen LogP contribution in [-0.2, 0) is 4.74 Å². The molecule has 3 N–H and O–H groups in total. The molecule has 0 radical (unpaired) electrons. The summed E-state index contributed by atoms with van der Waals surface area (Å²) in [6.45, 7) is -0.546. The zero-order chi connectivity index (χ0) is 14.2. The summed E-state index contributed by atoms with van der Waals surface area (Å²) < 4.78 is 6.49. The first-order valence-corrected chi connectivity index (χ1v) is 6.40. The number of hydrogen-bond donors (Lipinski definition) is 3.